The summed E-state index contributed by atoms with van der Waals surface area (Å²) in [7, 11) is 4.42. The van der Waals surface area contributed by atoms with Gasteiger partial charge in [0.25, 0.3) is 0 Å². The molecule has 0 spiro atoms. The minimum Gasteiger partial charge on any atom is -0.300 e. The van der Waals surface area contributed by atoms with Gasteiger partial charge in [0, 0.05) is 5.54 Å². The number of halogens is 1. The number of benzene rings is 1. The lowest BCUT2D eigenvalue weighted by Gasteiger charge is -2.38. The van der Waals surface area contributed by atoms with Gasteiger partial charge in [-0.05, 0) is 38.9 Å². The van der Waals surface area contributed by atoms with Crippen molar-refractivity contribution in [3.63, 3.8) is 0 Å². The molecule has 1 atom stereocenters. The smallest absolute Gasteiger partial charge is 0.0385 e. The van der Waals surface area contributed by atoms with Crippen molar-refractivity contribution in [3.05, 3.63) is 48.6 Å². The molecule has 0 heterocycles. The fourth-order valence-corrected chi connectivity index (χ4v) is 3.88. The highest BCUT2D eigenvalue weighted by atomic mass is 35.5. The summed E-state index contributed by atoms with van der Waals surface area (Å²) >= 11 is 0. The van der Waals surface area contributed by atoms with Crippen LogP contribution in [0.2, 0.25) is 0 Å². The van der Waals surface area contributed by atoms with Crippen molar-refractivity contribution in [3.8, 4) is 0 Å². The molecule has 0 saturated heterocycles. The maximum Gasteiger partial charge on any atom is 0.0385 e. The van der Waals surface area contributed by atoms with Crippen molar-refractivity contribution in [2.45, 2.75) is 95.9 Å². The Labute approximate surface area is 176 Å². The molecule has 0 saturated carbocycles. The molecule has 27 heavy (non-hydrogen) atoms. The molecule has 1 aromatic carbocycles. The molecule has 1 nitrogen and oxygen atoms in total. The number of aryl methyl sites for hydroxylation is 1. The molecule has 0 N–H and O–H groups in total. The van der Waals surface area contributed by atoms with Gasteiger partial charge in [0.2, 0.25) is 0 Å². The van der Waals surface area contributed by atoms with Gasteiger partial charge in [0.1, 0.15) is 0 Å². The second-order valence-corrected chi connectivity index (χ2v) is 8.12. The van der Waals surface area contributed by atoms with Crippen LogP contribution in [0, 0.1) is 0 Å². The van der Waals surface area contributed by atoms with Crippen LogP contribution in [0.5, 0.6) is 0 Å². The molecule has 0 aliphatic carbocycles. The summed E-state index contributed by atoms with van der Waals surface area (Å²) < 4.78 is 0. The van der Waals surface area contributed by atoms with Gasteiger partial charge >= 0.3 is 0 Å². The summed E-state index contributed by atoms with van der Waals surface area (Å²) in [4.78, 5) is 2.39. The highest BCUT2D eigenvalue weighted by Gasteiger charge is 2.28. The van der Waals surface area contributed by atoms with Crippen molar-refractivity contribution in [2.24, 2.45) is 0 Å². The first-order valence-corrected chi connectivity index (χ1v) is 11.0. The SMILES string of the molecule is C=CC(CCCCCCCCCCCC)(CCc1ccccc1)N(C)C.Cl. The highest BCUT2D eigenvalue weighted by Crippen LogP contribution is 2.28. The first-order chi connectivity index (χ1) is 12.6. The number of likely N-dealkylation sites (N-methyl/N-ethyl adjacent to an activating group) is 1. The lowest BCUT2D eigenvalue weighted by Crippen LogP contribution is -2.42. The first kappa shape index (κ1) is 26.2. The molecule has 0 fully saturated rings. The Kier molecular flexibility index (Phi) is 15.7. The van der Waals surface area contributed by atoms with E-state index in [2.05, 4.69) is 68.9 Å². The third-order valence-electron chi connectivity index (χ3n) is 5.92. The van der Waals surface area contributed by atoms with Crippen LogP contribution in [0.25, 0.3) is 0 Å². The summed E-state index contributed by atoms with van der Waals surface area (Å²) in [6.45, 7) is 6.48. The summed E-state index contributed by atoms with van der Waals surface area (Å²) in [5, 5.41) is 0. The average molecular weight is 394 g/mol. The standard InChI is InChI=1S/C25H43N.ClH/c1-5-7-8-9-10-11-12-13-14-18-22-25(6-2,26(3)4)23-21-24-19-16-15-17-20-24;/h6,15-17,19-20H,2,5,7-14,18,21-23H2,1,3-4H3;1H. The fourth-order valence-electron chi connectivity index (χ4n) is 3.88. The van der Waals surface area contributed by atoms with E-state index < -0.39 is 0 Å². The molecule has 1 aromatic rings. The van der Waals surface area contributed by atoms with Crippen LogP contribution >= 0.6 is 12.4 Å². The van der Waals surface area contributed by atoms with Crippen molar-refractivity contribution in [1.82, 2.24) is 4.90 Å². The van der Waals surface area contributed by atoms with Gasteiger partial charge in [0.15, 0.2) is 0 Å². The van der Waals surface area contributed by atoms with Crippen molar-refractivity contribution < 1.29 is 0 Å². The second-order valence-electron chi connectivity index (χ2n) is 8.12. The van der Waals surface area contributed by atoms with Gasteiger partial charge < -0.3 is 4.90 Å². The van der Waals surface area contributed by atoms with E-state index in [1.54, 1.807) is 0 Å². The first-order valence-electron chi connectivity index (χ1n) is 11.0. The predicted molar refractivity (Wildman–Crippen MR) is 125 cm³/mol. The Bertz CT molecular complexity index is 457. The monoisotopic (exact) mass is 393 g/mol. The number of hydrogen-bond donors (Lipinski definition) is 0. The largest absolute Gasteiger partial charge is 0.300 e. The van der Waals surface area contributed by atoms with Crippen molar-refractivity contribution in [2.75, 3.05) is 14.1 Å². The quantitative estimate of drug-likeness (QED) is 0.204. The second kappa shape index (κ2) is 16.2. The maximum atomic E-state index is 4.19. The highest BCUT2D eigenvalue weighted by molar-refractivity contribution is 5.85. The Hall–Kier alpha value is -0.790. The molecule has 0 aliphatic rings. The van der Waals surface area contributed by atoms with E-state index in [-0.39, 0.29) is 17.9 Å². The maximum absolute atomic E-state index is 4.19. The molecule has 0 aromatic heterocycles. The lowest BCUT2D eigenvalue weighted by atomic mass is 9.84. The van der Waals surface area contributed by atoms with E-state index in [0.717, 1.165) is 12.8 Å². The van der Waals surface area contributed by atoms with Gasteiger partial charge in [-0.1, -0.05) is 108 Å². The van der Waals surface area contributed by atoms with Gasteiger partial charge in [-0.25, -0.2) is 0 Å². The molecule has 156 valence electrons. The Balaban J connectivity index is 0.00000676. The van der Waals surface area contributed by atoms with E-state index in [9.17, 15) is 0 Å². The van der Waals surface area contributed by atoms with Crippen LogP contribution in [0.15, 0.2) is 43.0 Å². The van der Waals surface area contributed by atoms with E-state index in [4.69, 9.17) is 0 Å². The van der Waals surface area contributed by atoms with Gasteiger partial charge in [-0.15, -0.1) is 19.0 Å². The third kappa shape index (κ3) is 11.0. The normalized spacial score (nSPS) is 13.2. The van der Waals surface area contributed by atoms with Crippen molar-refractivity contribution in [1.29, 1.82) is 0 Å². The third-order valence-corrected chi connectivity index (χ3v) is 5.92. The molecule has 0 bridgehead atoms. The Morgan fingerprint density at radius 3 is 1.81 bits per heavy atom. The minimum absolute atomic E-state index is 0. The number of unbranched alkanes of at least 4 members (excludes halogenated alkanes) is 9. The Morgan fingerprint density at radius 1 is 0.815 bits per heavy atom. The molecule has 0 radical (unpaired) electrons. The molecule has 1 unspecified atom stereocenters. The summed E-state index contributed by atoms with van der Waals surface area (Å²) in [6, 6.07) is 10.9. The van der Waals surface area contributed by atoms with Crippen LogP contribution in [0.1, 0.15) is 89.5 Å². The summed E-state index contributed by atoms with van der Waals surface area (Å²) in [5.74, 6) is 0. The minimum atomic E-state index is 0. The van der Waals surface area contributed by atoms with E-state index in [1.165, 1.54) is 76.2 Å². The fraction of sp³-hybridized carbons (Fsp3) is 0.680. The van der Waals surface area contributed by atoms with E-state index >= 15 is 0 Å². The van der Waals surface area contributed by atoms with Crippen LogP contribution in [0.4, 0.5) is 0 Å². The van der Waals surface area contributed by atoms with Crippen LogP contribution < -0.4 is 0 Å². The van der Waals surface area contributed by atoms with Crippen LogP contribution in [-0.2, 0) is 6.42 Å². The molecule has 0 aliphatic heterocycles. The van der Waals surface area contributed by atoms with Gasteiger partial charge in [-0.3, -0.25) is 0 Å². The average Bonchev–Trinajstić information content (AvgIpc) is 2.66. The topological polar surface area (TPSA) is 3.24 Å². The zero-order valence-electron chi connectivity index (χ0n) is 18.2. The molecule has 0 amide bonds. The van der Waals surface area contributed by atoms with Gasteiger partial charge in [0.05, 0.1) is 0 Å². The summed E-state index contributed by atoms with van der Waals surface area (Å²) in [6.07, 6.45) is 19.7. The Morgan fingerprint density at radius 2 is 1.33 bits per heavy atom. The molecular weight excluding hydrogens is 350 g/mol. The molecule has 2 heteroatoms. The lowest BCUT2D eigenvalue weighted by molar-refractivity contribution is 0.176. The predicted octanol–water partition coefficient (Wildman–Crippen LogP) is 7.84. The summed E-state index contributed by atoms with van der Waals surface area (Å²) in [5.41, 5.74) is 1.57. The zero-order chi connectivity index (χ0) is 19.1. The van der Waals surface area contributed by atoms with Crippen molar-refractivity contribution >= 4 is 12.4 Å². The molecule has 1 rings (SSSR count). The number of hydrogen-bond acceptors (Lipinski definition) is 1. The van der Waals surface area contributed by atoms with Gasteiger partial charge in [-0.2, -0.15) is 0 Å². The zero-order valence-corrected chi connectivity index (χ0v) is 19.0. The van der Waals surface area contributed by atoms with E-state index in [0.29, 0.717) is 0 Å². The van der Waals surface area contributed by atoms with Crippen LogP contribution in [-0.4, -0.2) is 24.5 Å². The molecular formula is C25H44ClN. The number of nitrogens with zero attached hydrogens (tertiary/aromatic N) is 1. The van der Waals surface area contributed by atoms with E-state index in [1.807, 2.05) is 0 Å². The number of rotatable bonds is 16. The van der Waals surface area contributed by atoms with Crippen LogP contribution in [0.3, 0.4) is 0 Å².